The monoisotopic (exact) mass is 182 g/mol. The summed E-state index contributed by atoms with van der Waals surface area (Å²) in [6.07, 6.45) is 5.16. The first-order chi connectivity index (χ1) is 6.14. The minimum Gasteiger partial charge on any atom is -0.341 e. The molecule has 2 amide bonds. The standard InChI is InChI=1S/C10H18N2O/c1-10(12-9(13)11-2)6-7-3-4-8(10)5-7/h7-8H,3-6H2,1-2H3,(H2,11,12,13). The molecular formula is C10H18N2O. The van der Waals surface area contributed by atoms with Crippen molar-refractivity contribution in [1.29, 1.82) is 0 Å². The zero-order valence-corrected chi connectivity index (χ0v) is 8.39. The summed E-state index contributed by atoms with van der Waals surface area (Å²) in [5.41, 5.74) is 0.0724. The van der Waals surface area contributed by atoms with Gasteiger partial charge >= 0.3 is 6.03 Å². The van der Waals surface area contributed by atoms with E-state index in [-0.39, 0.29) is 11.6 Å². The lowest BCUT2D eigenvalue weighted by molar-refractivity contribution is 0.204. The SMILES string of the molecule is CNC(=O)NC1(C)CC2CCC1C2. The molecule has 0 aromatic rings. The molecular weight excluding hydrogens is 164 g/mol. The predicted octanol–water partition coefficient (Wildman–Crippen LogP) is 1.49. The van der Waals surface area contributed by atoms with E-state index in [0.29, 0.717) is 0 Å². The molecule has 13 heavy (non-hydrogen) atoms. The summed E-state index contributed by atoms with van der Waals surface area (Å²) < 4.78 is 0. The normalized spacial score (nSPS) is 42.0. The Balaban J connectivity index is 2.01. The summed E-state index contributed by atoms with van der Waals surface area (Å²) in [6, 6.07) is -0.0324. The molecule has 2 aliphatic rings. The molecule has 3 unspecified atom stereocenters. The van der Waals surface area contributed by atoms with Gasteiger partial charge in [0, 0.05) is 12.6 Å². The second-order valence-corrected chi connectivity index (χ2v) is 4.70. The summed E-state index contributed by atoms with van der Waals surface area (Å²) in [6.45, 7) is 2.19. The van der Waals surface area contributed by atoms with E-state index in [2.05, 4.69) is 17.6 Å². The number of nitrogens with one attached hydrogen (secondary N) is 2. The van der Waals surface area contributed by atoms with E-state index >= 15 is 0 Å². The van der Waals surface area contributed by atoms with Crippen LogP contribution in [0.25, 0.3) is 0 Å². The molecule has 0 heterocycles. The summed E-state index contributed by atoms with van der Waals surface area (Å²) in [5.74, 6) is 1.59. The average Bonchev–Trinajstić information content (AvgIpc) is 2.62. The van der Waals surface area contributed by atoms with Crippen LogP contribution in [0.4, 0.5) is 4.79 Å². The topological polar surface area (TPSA) is 41.1 Å². The number of hydrogen-bond donors (Lipinski definition) is 2. The molecule has 2 fully saturated rings. The van der Waals surface area contributed by atoms with Gasteiger partial charge in [-0.25, -0.2) is 4.79 Å². The lowest BCUT2D eigenvalue weighted by Crippen LogP contribution is -2.52. The first kappa shape index (κ1) is 8.85. The van der Waals surface area contributed by atoms with Crippen molar-refractivity contribution < 1.29 is 4.79 Å². The van der Waals surface area contributed by atoms with E-state index in [1.165, 1.54) is 25.7 Å². The highest BCUT2D eigenvalue weighted by molar-refractivity contribution is 5.74. The number of hydrogen-bond acceptors (Lipinski definition) is 1. The van der Waals surface area contributed by atoms with E-state index in [4.69, 9.17) is 0 Å². The Labute approximate surface area is 79.3 Å². The third-order valence-corrected chi connectivity index (χ3v) is 3.78. The molecule has 0 aromatic carbocycles. The Morgan fingerprint density at radius 3 is 2.69 bits per heavy atom. The second kappa shape index (κ2) is 2.89. The van der Waals surface area contributed by atoms with Crippen molar-refractivity contribution in [3.8, 4) is 0 Å². The third-order valence-electron chi connectivity index (χ3n) is 3.78. The van der Waals surface area contributed by atoms with Gasteiger partial charge in [0.15, 0.2) is 0 Å². The van der Waals surface area contributed by atoms with Gasteiger partial charge < -0.3 is 10.6 Å². The van der Waals surface area contributed by atoms with Gasteiger partial charge in [-0.05, 0) is 44.4 Å². The van der Waals surface area contributed by atoms with Gasteiger partial charge in [-0.2, -0.15) is 0 Å². The molecule has 3 atom stereocenters. The van der Waals surface area contributed by atoms with Gasteiger partial charge in [0.05, 0.1) is 0 Å². The smallest absolute Gasteiger partial charge is 0.314 e. The maximum absolute atomic E-state index is 11.2. The molecule has 3 heteroatoms. The van der Waals surface area contributed by atoms with Crippen molar-refractivity contribution >= 4 is 6.03 Å². The van der Waals surface area contributed by atoms with Crippen LogP contribution in [-0.4, -0.2) is 18.6 Å². The molecule has 2 aliphatic carbocycles. The average molecular weight is 182 g/mol. The van der Waals surface area contributed by atoms with Gasteiger partial charge in [0.25, 0.3) is 0 Å². The molecule has 0 aliphatic heterocycles. The number of urea groups is 1. The third kappa shape index (κ3) is 1.40. The van der Waals surface area contributed by atoms with Crippen LogP contribution in [0.15, 0.2) is 0 Å². The van der Waals surface area contributed by atoms with E-state index in [0.717, 1.165) is 11.8 Å². The van der Waals surface area contributed by atoms with Gasteiger partial charge in [-0.15, -0.1) is 0 Å². The fourth-order valence-electron chi connectivity index (χ4n) is 3.08. The van der Waals surface area contributed by atoms with Crippen molar-refractivity contribution in [3.63, 3.8) is 0 Å². The first-order valence-electron chi connectivity index (χ1n) is 5.14. The molecule has 3 nitrogen and oxygen atoms in total. The van der Waals surface area contributed by atoms with E-state index in [1.54, 1.807) is 7.05 Å². The molecule has 2 N–H and O–H groups in total. The highest BCUT2D eigenvalue weighted by Crippen LogP contribution is 2.50. The minimum atomic E-state index is -0.0324. The molecule has 0 radical (unpaired) electrons. The van der Waals surface area contributed by atoms with E-state index < -0.39 is 0 Å². The zero-order valence-electron chi connectivity index (χ0n) is 8.39. The van der Waals surface area contributed by atoms with Crippen molar-refractivity contribution in [1.82, 2.24) is 10.6 Å². The highest BCUT2D eigenvalue weighted by Gasteiger charge is 2.48. The van der Waals surface area contributed by atoms with Crippen LogP contribution in [0, 0.1) is 11.8 Å². The largest absolute Gasteiger partial charge is 0.341 e. The van der Waals surface area contributed by atoms with Gasteiger partial charge in [0.1, 0.15) is 0 Å². The summed E-state index contributed by atoms with van der Waals surface area (Å²) in [7, 11) is 1.67. The molecule has 0 aromatic heterocycles. The molecule has 74 valence electrons. The number of fused-ring (bicyclic) bond motifs is 2. The van der Waals surface area contributed by atoms with Crippen molar-refractivity contribution in [2.24, 2.45) is 11.8 Å². The van der Waals surface area contributed by atoms with E-state index in [1.807, 2.05) is 0 Å². The number of rotatable bonds is 1. The Hall–Kier alpha value is -0.730. The molecule has 0 spiro atoms. The lowest BCUT2D eigenvalue weighted by Gasteiger charge is -2.34. The zero-order chi connectivity index (χ0) is 9.47. The molecule has 0 saturated heterocycles. The summed E-state index contributed by atoms with van der Waals surface area (Å²) in [4.78, 5) is 11.2. The fourth-order valence-corrected chi connectivity index (χ4v) is 3.08. The number of carbonyl (C=O) groups is 1. The van der Waals surface area contributed by atoms with Crippen LogP contribution >= 0.6 is 0 Å². The Bertz CT molecular complexity index is 229. The van der Waals surface area contributed by atoms with Crippen LogP contribution in [0.3, 0.4) is 0 Å². The fraction of sp³-hybridized carbons (Fsp3) is 0.900. The Morgan fingerprint density at radius 1 is 1.46 bits per heavy atom. The molecule has 2 bridgehead atoms. The predicted molar refractivity (Wildman–Crippen MR) is 51.4 cm³/mol. The van der Waals surface area contributed by atoms with Crippen molar-refractivity contribution in [2.75, 3.05) is 7.05 Å². The molecule has 2 saturated carbocycles. The van der Waals surface area contributed by atoms with Crippen LogP contribution in [-0.2, 0) is 0 Å². The van der Waals surface area contributed by atoms with Crippen LogP contribution in [0.2, 0.25) is 0 Å². The molecule has 2 rings (SSSR count). The highest BCUT2D eigenvalue weighted by atomic mass is 16.2. The van der Waals surface area contributed by atoms with Crippen molar-refractivity contribution in [2.45, 2.75) is 38.1 Å². The van der Waals surface area contributed by atoms with Crippen LogP contribution in [0.1, 0.15) is 32.6 Å². The van der Waals surface area contributed by atoms with Gasteiger partial charge in [0.2, 0.25) is 0 Å². The van der Waals surface area contributed by atoms with Crippen LogP contribution in [0.5, 0.6) is 0 Å². The van der Waals surface area contributed by atoms with Crippen molar-refractivity contribution in [3.05, 3.63) is 0 Å². The number of amides is 2. The van der Waals surface area contributed by atoms with Gasteiger partial charge in [-0.1, -0.05) is 0 Å². The lowest BCUT2D eigenvalue weighted by atomic mass is 9.83. The van der Waals surface area contributed by atoms with E-state index in [9.17, 15) is 4.79 Å². The Morgan fingerprint density at radius 2 is 2.23 bits per heavy atom. The quantitative estimate of drug-likeness (QED) is 0.634. The second-order valence-electron chi connectivity index (χ2n) is 4.70. The summed E-state index contributed by atoms with van der Waals surface area (Å²) >= 11 is 0. The maximum atomic E-state index is 11.2. The first-order valence-corrected chi connectivity index (χ1v) is 5.14. The Kier molecular flexibility index (Phi) is 1.97. The summed E-state index contributed by atoms with van der Waals surface area (Å²) in [5, 5.41) is 5.71. The van der Waals surface area contributed by atoms with Gasteiger partial charge in [-0.3, -0.25) is 0 Å². The maximum Gasteiger partial charge on any atom is 0.314 e. The van der Waals surface area contributed by atoms with Crippen LogP contribution < -0.4 is 10.6 Å². The minimum absolute atomic E-state index is 0.0324. The number of carbonyl (C=O) groups excluding carboxylic acids is 1.